The second kappa shape index (κ2) is 8.89. The maximum Gasteiger partial charge on any atom is 0.326 e. The standard InChI is InChI=1S/C22H31FN4O3/c1-30-19-7-6-18(23)14-17(19)15-25-10-12-26(13-11-25)16-27-20(28)22(24-21(27)29)8-4-2-3-5-9-22/h6-7,14H,2-5,8-13,15-16H2,1H3,(H,24,29). The molecule has 3 amide bonds. The number of nitrogens with zero attached hydrogens (tertiary/aromatic N) is 3. The lowest BCUT2D eigenvalue weighted by atomic mass is 9.90. The number of methoxy groups -OCH3 is 1. The molecule has 1 spiro atoms. The van der Waals surface area contributed by atoms with Gasteiger partial charge in [-0.3, -0.25) is 14.6 Å². The first kappa shape index (κ1) is 21.1. The average Bonchev–Trinajstić information content (AvgIpc) is 2.90. The van der Waals surface area contributed by atoms with Crippen molar-refractivity contribution in [2.24, 2.45) is 0 Å². The van der Waals surface area contributed by atoms with E-state index >= 15 is 0 Å². The fourth-order valence-electron chi connectivity index (χ4n) is 4.88. The molecule has 4 rings (SSSR count). The topological polar surface area (TPSA) is 65.1 Å². The lowest BCUT2D eigenvalue weighted by Crippen LogP contribution is -2.51. The summed E-state index contributed by atoms with van der Waals surface area (Å²) in [6, 6.07) is 4.32. The van der Waals surface area contributed by atoms with Gasteiger partial charge in [0, 0.05) is 38.3 Å². The summed E-state index contributed by atoms with van der Waals surface area (Å²) in [7, 11) is 1.59. The first-order valence-electron chi connectivity index (χ1n) is 10.9. The van der Waals surface area contributed by atoms with Gasteiger partial charge in [-0.15, -0.1) is 0 Å². The molecule has 1 saturated carbocycles. The number of rotatable bonds is 5. The van der Waals surface area contributed by atoms with Gasteiger partial charge in [0.15, 0.2) is 0 Å². The summed E-state index contributed by atoms with van der Waals surface area (Å²) < 4.78 is 19.0. The Morgan fingerprint density at radius 2 is 1.70 bits per heavy atom. The molecule has 7 nitrogen and oxygen atoms in total. The monoisotopic (exact) mass is 418 g/mol. The molecule has 8 heteroatoms. The molecule has 3 fully saturated rings. The summed E-state index contributed by atoms with van der Waals surface area (Å²) >= 11 is 0. The van der Waals surface area contributed by atoms with Crippen molar-refractivity contribution in [2.75, 3.05) is 40.0 Å². The highest BCUT2D eigenvalue weighted by molar-refractivity contribution is 6.07. The largest absolute Gasteiger partial charge is 0.496 e. The van der Waals surface area contributed by atoms with E-state index in [1.165, 1.54) is 17.0 Å². The van der Waals surface area contributed by atoms with Gasteiger partial charge in [0.2, 0.25) is 0 Å². The Hall–Kier alpha value is -2.19. The Labute approximate surface area is 177 Å². The number of benzene rings is 1. The smallest absolute Gasteiger partial charge is 0.326 e. The summed E-state index contributed by atoms with van der Waals surface area (Å²) in [4.78, 5) is 31.4. The fourth-order valence-corrected chi connectivity index (χ4v) is 4.88. The molecule has 1 aliphatic carbocycles. The Balaban J connectivity index is 1.32. The Morgan fingerprint density at radius 1 is 1.03 bits per heavy atom. The number of ether oxygens (including phenoxy) is 1. The maximum atomic E-state index is 13.6. The predicted molar refractivity (Wildman–Crippen MR) is 110 cm³/mol. The molecule has 30 heavy (non-hydrogen) atoms. The van der Waals surface area contributed by atoms with E-state index < -0.39 is 5.54 Å². The number of imide groups is 1. The molecular weight excluding hydrogens is 387 g/mol. The van der Waals surface area contributed by atoms with E-state index in [9.17, 15) is 14.0 Å². The van der Waals surface area contributed by atoms with E-state index in [0.717, 1.165) is 70.3 Å². The second-order valence-electron chi connectivity index (χ2n) is 8.65. The van der Waals surface area contributed by atoms with Gasteiger partial charge >= 0.3 is 6.03 Å². The van der Waals surface area contributed by atoms with Crippen LogP contribution in [0.15, 0.2) is 18.2 Å². The molecule has 0 aromatic heterocycles. The number of hydrogen-bond donors (Lipinski definition) is 1. The molecule has 0 unspecified atom stereocenters. The average molecular weight is 419 g/mol. The zero-order valence-corrected chi connectivity index (χ0v) is 17.7. The molecule has 2 aliphatic heterocycles. The molecule has 0 bridgehead atoms. The van der Waals surface area contributed by atoms with Crippen LogP contribution in [0.2, 0.25) is 0 Å². The summed E-state index contributed by atoms with van der Waals surface area (Å²) in [5.41, 5.74) is 0.152. The van der Waals surface area contributed by atoms with Crippen molar-refractivity contribution < 1.29 is 18.7 Å². The number of carbonyl (C=O) groups excluding carboxylic acids is 2. The molecule has 0 atom stereocenters. The van der Waals surface area contributed by atoms with E-state index in [1.807, 2.05) is 0 Å². The predicted octanol–water partition coefficient (Wildman–Crippen LogP) is 2.55. The highest BCUT2D eigenvalue weighted by Crippen LogP contribution is 2.33. The van der Waals surface area contributed by atoms with Gasteiger partial charge in [0.05, 0.1) is 13.8 Å². The van der Waals surface area contributed by atoms with Crippen LogP contribution in [0.4, 0.5) is 9.18 Å². The lowest BCUT2D eigenvalue weighted by molar-refractivity contribution is -0.133. The van der Waals surface area contributed by atoms with Gasteiger partial charge in [-0.1, -0.05) is 25.7 Å². The molecule has 164 valence electrons. The van der Waals surface area contributed by atoms with E-state index in [1.54, 1.807) is 13.2 Å². The van der Waals surface area contributed by atoms with Crippen LogP contribution >= 0.6 is 0 Å². The van der Waals surface area contributed by atoms with Crippen molar-refractivity contribution in [2.45, 2.75) is 50.6 Å². The number of nitrogens with one attached hydrogen (secondary N) is 1. The van der Waals surface area contributed by atoms with E-state index in [2.05, 4.69) is 15.1 Å². The number of hydrogen-bond acceptors (Lipinski definition) is 5. The molecular formula is C22H31FN4O3. The van der Waals surface area contributed by atoms with Crippen molar-refractivity contribution in [3.8, 4) is 5.75 Å². The summed E-state index contributed by atoms with van der Waals surface area (Å²) in [6.45, 7) is 4.02. The van der Waals surface area contributed by atoms with Gasteiger partial charge in [-0.2, -0.15) is 0 Å². The number of piperazine rings is 1. The van der Waals surface area contributed by atoms with Crippen molar-refractivity contribution >= 4 is 11.9 Å². The van der Waals surface area contributed by atoms with Crippen LogP contribution in [0, 0.1) is 5.82 Å². The minimum atomic E-state index is -0.677. The molecule has 1 aromatic carbocycles. The maximum absolute atomic E-state index is 13.6. The van der Waals surface area contributed by atoms with Crippen LogP contribution in [-0.4, -0.2) is 72.1 Å². The Morgan fingerprint density at radius 3 is 2.37 bits per heavy atom. The van der Waals surface area contributed by atoms with Gasteiger partial charge in [-0.05, 0) is 31.0 Å². The first-order chi connectivity index (χ1) is 14.5. The minimum Gasteiger partial charge on any atom is -0.496 e. The zero-order valence-electron chi connectivity index (χ0n) is 17.7. The molecule has 1 aromatic rings. The third-order valence-corrected chi connectivity index (χ3v) is 6.65. The van der Waals surface area contributed by atoms with Crippen molar-refractivity contribution in [3.05, 3.63) is 29.6 Å². The normalized spacial score (nSPS) is 22.9. The van der Waals surface area contributed by atoms with Crippen LogP contribution in [0.25, 0.3) is 0 Å². The highest BCUT2D eigenvalue weighted by Gasteiger charge is 2.51. The van der Waals surface area contributed by atoms with Crippen molar-refractivity contribution in [1.29, 1.82) is 0 Å². The number of amides is 3. The summed E-state index contributed by atoms with van der Waals surface area (Å²) in [5.74, 6) is 0.364. The third kappa shape index (κ3) is 4.30. The zero-order chi connectivity index (χ0) is 21.1. The van der Waals surface area contributed by atoms with Crippen molar-refractivity contribution in [3.63, 3.8) is 0 Å². The third-order valence-electron chi connectivity index (χ3n) is 6.65. The van der Waals surface area contributed by atoms with E-state index in [0.29, 0.717) is 19.0 Å². The van der Waals surface area contributed by atoms with Crippen LogP contribution in [-0.2, 0) is 11.3 Å². The lowest BCUT2D eigenvalue weighted by Gasteiger charge is -2.36. The van der Waals surface area contributed by atoms with E-state index in [4.69, 9.17) is 4.74 Å². The van der Waals surface area contributed by atoms with Crippen LogP contribution in [0.5, 0.6) is 5.75 Å². The molecule has 3 aliphatic rings. The number of halogens is 1. The van der Waals surface area contributed by atoms with Crippen LogP contribution in [0.1, 0.15) is 44.1 Å². The minimum absolute atomic E-state index is 0.0543. The Kier molecular flexibility index (Phi) is 6.24. The second-order valence-corrected chi connectivity index (χ2v) is 8.65. The SMILES string of the molecule is COc1ccc(F)cc1CN1CCN(CN2C(=O)NC3(CCCCCC3)C2=O)CC1. The summed E-state index contributed by atoms with van der Waals surface area (Å²) in [6.07, 6.45) is 5.73. The fraction of sp³-hybridized carbons (Fsp3) is 0.636. The van der Waals surface area contributed by atoms with Crippen LogP contribution < -0.4 is 10.1 Å². The summed E-state index contributed by atoms with van der Waals surface area (Å²) in [5, 5.41) is 3.01. The van der Waals surface area contributed by atoms with Gasteiger partial charge in [0.1, 0.15) is 17.1 Å². The molecule has 1 N–H and O–H groups in total. The van der Waals surface area contributed by atoms with Gasteiger partial charge in [0.25, 0.3) is 5.91 Å². The molecule has 2 heterocycles. The van der Waals surface area contributed by atoms with Gasteiger partial charge in [-0.25, -0.2) is 14.1 Å². The van der Waals surface area contributed by atoms with E-state index in [-0.39, 0.29) is 17.8 Å². The molecule has 2 saturated heterocycles. The van der Waals surface area contributed by atoms with Crippen molar-refractivity contribution in [1.82, 2.24) is 20.0 Å². The number of carbonyl (C=O) groups is 2. The first-order valence-corrected chi connectivity index (χ1v) is 10.9. The highest BCUT2D eigenvalue weighted by atomic mass is 19.1. The molecule has 0 radical (unpaired) electrons. The van der Waals surface area contributed by atoms with Gasteiger partial charge < -0.3 is 10.1 Å². The Bertz CT molecular complexity index is 787. The van der Waals surface area contributed by atoms with Crippen LogP contribution in [0.3, 0.4) is 0 Å². The quantitative estimate of drug-likeness (QED) is 0.745. The number of urea groups is 1.